The molecule has 3 heterocycles. The normalized spacial score (nSPS) is 15.8. The van der Waals surface area contributed by atoms with Crippen LogP contribution in [0.25, 0.3) is 4.96 Å². The number of aryl methyl sites for hydroxylation is 1. The van der Waals surface area contributed by atoms with Crippen molar-refractivity contribution in [2.75, 3.05) is 6.61 Å². The fourth-order valence-electron chi connectivity index (χ4n) is 3.50. The van der Waals surface area contributed by atoms with Gasteiger partial charge in [0.25, 0.3) is 5.56 Å². The van der Waals surface area contributed by atoms with Crippen molar-refractivity contribution in [1.82, 2.24) is 19.2 Å². The fourth-order valence-corrected chi connectivity index (χ4v) is 4.52. The summed E-state index contributed by atoms with van der Waals surface area (Å²) in [5, 5.41) is 13.2. The van der Waals surface area contributed by atoms with Crippen LogP contribution in [0.4, 0.5) is 17.6 Å². The van der Waals surface area contributed by atoms with Crippen LogP contribution in [0.1, 0.15) is 53.3 Å². The minimum Gasteiger partial charge on any atom is -0.396 e. The molecule has 3 aromatic heterocycles. The zero-order valence-electron chi connectivity index (χ0n) is 16.3. The first-order valence-corrected chi connectivity index (χ1v) is 10.4. The van der Waals surface area contributed by atoms with Gasteiger partial charge in [0.1, 0.15) is 5.69 Å². The Kier molecular flexibility index (Phi) is 5.21. The van der Waals surface area contributed by atoms with Crippen LogP contribution < -0.4 is 5.56 Å². The molecule has 0 amide bonds. The van der Waals surface area contributed by atoms with Crippen molar-refractivity contribution in [3.63, 3.8) is 0 Å². The van der Waals surface area contributed by atoms with Gasteiger partial charge >= 0.3 is 6.18 Å². The molecule has 0 radical (unpaired) electrons. The smallest absolute Gasteiger partial charge is 0.396 e. The molecule has 0 aliphatic heterocycles. The van der Waals surface area contributed by atoms with Gasteiger partial charge in [0.2, 0.25) is 0 Å². The lowest BCUT2D eigenvalue weighted by molar-refractivity contribution is -0.146. The molecular weight excluding hydrogens is 424 g/mol. The second-order valence-electron chi connectivity index (χ2n) is 7.78. The van der Waals surface area contributed by atoms with Gasteiger partial charge < -0.3 is 5.11 Å². The van der Waals surface area contributed by atoms with Gasteiger partial charge in [-0.15, -0.1) is 11.3 Å². The number of hydrogen-bond donors (Lipinski definition) is 1. The first kappa shape index (κ1) is 21.0. The molecule has 1 aliphatic carbocycles. The number of aromatic nitrogens is 4. The lowest BCUT2D eigenvalue weighted by Crippen LogP contribution is -2.21. The molecule has 1 atom stereocenters. The Morgan fingerprint density at radius 2 is 2.07 bits per heavy atom. The Labute approximate surface area is 172 Å². The molecule has 0 saturated heterocycles. The SMILES string of the molecule is Cc1sc2nc(Cn3nc(C4CC4)c(F)c3C(F)(F)F)cc(=O)n2c1CC(C)CO. The summed E-state index contributed by atoms with van der Waals surface area (Å²) in [5.41, 5.74) is -1.24. The predicted molar refractivity (Wildman–Crippen MR) is 102 cm³/mol. The number of alkyl halides is 3. The number of nitrogens with zero attached hydrogens (tertiary/aromatic N) is 4. The van der Waals surface area contributed by atoms with Crippen LogP contribution in [0, 0.1) is 18.7 Å². The summed E-state index contributed by atoms with van der Waals surface area (Å²) >= 11 is 1.25. The standard InChI is InChI=1S/C19H20F4N4O2S/c1-9(8-28)5-13-10(2)30-18-24-12(6-14(29)27(13)18)7-26-17(19(21,22)23)15(20)16(25-26)11-3-4-11/h6,9,11,28H,3-5,7-8H2,1-2H3. The van der Waals surface area contributed by atoms with E-state index in [-0.39, 0.29) is 29.8 Å². The summed E-state index contributed by atoms with van der Waals surface area (Å²) in [6.45, 7) is 3.18. The zero-order valence-corrected chi connectivity index (χ0v) is 17.1. The number of halogens is 4. The van der Waals surface area contributed by atoms with E-state index < -0.39 is 29.8 Å². The Balaban J connectivity index is 1.75. The molecular formula is C19H20F4N4O2S. The molecule has 0 aromatic carbocycles. The number of aliphatic hydroxyl groups excluding tert-OH is 1. The Hall–Kier alpha value is -2.27. The molecule has 1 unspecified atom stereocenters. The van der Waals surface area contributed by atoms with Crippen LogP contribution in [-0.2, 0) is 19.1 Å². The van der Waals surface area contributed by atoms with Gasteiger partial charge in [-0.1, -0.05) is 6.92 Å². The van der Waals surface area contributed by atoms with Gasteiger partial charge in [-0.25, -0.2) is 9.37 Å². The quantitative estimate of drug-likeness (QED) is 0.591. The summed E-state index contributed by atoms with van der Waals surface area (Å²) in [5.74, 6) is -1.69. The van der Waals surface area contributed by atoms with E-state index in [1.807, 2.05) is 13.8 Å². The van der Waals surface area contributed by atoms with Crippen LogP contribution in [-0.4, -0.2) is 30.9 Å². The monoisotopic (exact) mass is 444 g/mol. The molecule has 0 spiro atoms. The maximum atomic E-state index is 14.4. The minimum atomic E-state index is -4.91. The number of thiazole rings is 1. The van der Waals surface area contributed by atoms with Crippen molar-refractivity contribution in [2.24, 2.45) is 5.92 Å². The van der Waals surface area contributed by atoms with E-state index in [0.717, 1.165) is 16.6 Å². The van der Waals surface area contributed by atoms with Crippen LogP contribution in [0.3, 0.4) is 0 Å². The number of rotatable bonds is 6. The highest BCUT2D eigenvalue weighted by Gasteiger charge is 2.43. The maximum Gasteiger partial charge on any atom is 0.435 e. The lowest BCUT2D eigenvalue weighted by Gasteiger charge is -2.11. The molecule has 1 aliphatic rings. The van der Waals surface area contributed by atoms with Crippen molar-refractivity contribution in [1.29, 1.82) is 0 Å². The van der Waals surface area contributed by atoms with E-state index in [0.29, 0.717) is 28.9 Å². The third-order valence-corrected chi connectivity index (χ3v) is 6.18. The molecule has 1 fully saturated rings. The molecule has 1 saturated carbocycles. The molecule has 6 nitrogen and oxygen atoms in total. The van der Waals surface area contributed by atoms with Crippen LogP contribution in [0.5, 0.6) is 0 Å². The van der Waals surface area contributed by atoms with E-state index in [9.17, 15) is 27.5 Å². The lowest BCUT2D eigenvalue weighted by atomic mass is 10.1. The molecule has 11 heteroatoms. The number of hydrogen-bond acceptors (Lipinski definition) is 5. The highest BCUT2D eigenvalue weighted by molar-refractivity contribution is 7.17. The third kappa shape index (κ3) is 3.76. The minimum absolute atomic E-state index is 0.0363. The Morgan fingerprint density at radius 3 is 2.67 bits per heavy atom. The van der Waals surface area contributed by atoms with Gasteiger partial charge in [-0.2, -0.15) is 18.3 Å². The van der Waals surface area contributed by atoms with Gasteiger partial charge in [0, 0.05) is 29.2 Å². The first-order chi connectivity index (χ1) is 14.1. The Bertz CT molecular complexity index is 1160. The summed E-state index contributed by atoms with van der Waals surface area (Å²) in [4.78, 5) is 18.2. The molecule has 3 aromatic rings. The average Bonchev–Trinajstić information content (AvgIpc) is 3.36. The van der Waals surface area contributed by atoms with E-state index in [1.165, 1.54) is 15.7 Å². The zero-order chi connectivity index (χ0) is 21.8. The molecule has 1 N–H and O–H groups in total. The fraction of sp³-hybridized carbons (Fsp3) is 0.526. The molecule has 0 bridgehead atoms. The van der Waals surface area contributed by atoms with Crippen LogP contribution >= 0.6 is 11.3 Å². The molecule has 162 valence electrons. The van der Waals surface area contributed by atoms with Crippen molar-refractivity contribution >= 4 is 16.3 Å². The number of fused-ring (bicyclic) bond motifs is 1. The van der Waals surface area contributed by atoms with E-state index in [1.54, 1.807) is 0 Å². The highest BCUT2D eigenvalue weighted by atomic mass is 32.1. The van der Waals surface area contributed by atoms with Crippen molar-refractivity contribution in [3.8, 4) is 0 Å². The molecule has 30 heavy (non-hydrogen) atoms. The summed E-state index contributed by atoms with van der Waals surface area (Å²) in [7, 11) is 0. The predicted octanol–water partition coefficient (Wildman–Crippen LogP) is 3.52. The van der Waals surface area contributed by atoms with Crippen molar-refractivity contribution in [2.45, 2.75) is 51.7 Å². The maximum absolute atomic E-state index is 14.4. The van der Waals surface area contributed by atoms with Crippen LogP contribution in [0.2, 0.25) is 0 Å². The Morgan fingerprint density at radius 1 is 1.37 bits per heavy atom. The van der Waals surface area contributed by atoms with Crippen LogP contribution in [0.15, 0.2) is 10.9 Å². The van der Waals surface area contributed by atoms with Gasteiger partial charge in [-0.3, -0.25) is 13.9 Å². The largest absolute Gasteiger partial charge is 0.435 e. The first-order valence-electron chi connectivity index (χ1n) is 9.55. The average molecular weight is 444 g/mol. The van der Waals surface area contributed by atoms with Crippen molar-refractivity contribution < 1.29 is 22.7 Å². The van der Waals surface area contributed by atoms with E-state index in [2.05, 4.69) is 10.1 Å². The third-order valence-electron chi connectivity index (χ3n) is 5.18. The van der Waals surface area contributed by atoms with Crippen molar-refractivity contribution in [3.05, 3.63) is 49.9 Å². The molecule has 4 rings (SSSR count). The van der Waals surface area contributed by atoms with E-state index in [4.69, 9.17) is 0 Å². The second-order valence-corrected chi connectivity index (χ2v) is 8.96. The summed E-state index contributed by atoms with van der Waals surface area (Å²) in [6, 6.07) is 1.16. The van der Waals surface area contributed by atoms with E-state index >= 15 is 0 Å². The van der Waals surface area contributed by atoms with Gasteiger partial charge in [0.05, 0.1) is 12.2 Å². The topological polar surface area (TPSA) is 72.4 Å². The second kappa shape index (κ2) is 7.45. The number of aliphatic hydroxyl groups is 1. The summed E-state index contributed by atoms with van der Waals surface area (Å²) < 4.78 is 56.7. The van der Waals surface area contributed by atoms with Gasteiger partial charge in [-0.05, 0) is 32.1 Å². The summed E-state index contributed by atoms with van der Waals surface area (Å²) in [6.07, 6.45) is -3.21. The highest BCUT2D eigenvalue weighted by Crippen LogP contribution is 2.43. The van der Waals surface area contributed by atoms with Gasteiger partial charge in [0.15, 0.2) is 16.5 Å².